The summed E-state index contributed by atoms with van der Waals surface area (Å²) in [5, 5.41) is 16.8. The second kappa shape index (κ2) is 12.7. The van der Waals surface area contributed by atoms with Gasteiger partial charge >= 0.3 is 0 Å². The van der Waals surface area contributed by atoms with Crippen molar-refractivity contribution in [1.29, 1.82) is 0 Å². The Labute approximate surface area is 206 Å². The van der Waals surface area contributed by atoms with Crippen LogP contribution in [-0.2, 0) is 20.0 Å². The molecule has 1 aromatic heterocycles. The molecule has 1 saturated carbocycles. The number of aromatic nitrogens is 3. The Morgan fingerprint density at radius 3 is 2.63 bits per heavy atom. The second-order valence-corrected chi connectivity index (χ2v) is 8.48. The molecule has 1 aliphatic carbocycles. The largest absolute Gasteiger partial charge is 0.356 e. The van der Waals surface area contributed by atoms with Crippen LogP contribution in [0.15, 0.2) is 23.2 Å². The van der Waals surface area contributed by atoms with E-state index in [1.54, 1.807) is 6.07 Å². The minimum Gasteiger partial charge on any atom is -0.356 e. The van der Waals surface area contributed by atoms with Gasteiger partial charge in [0.1, 0.15) is 12.4 Å². The van der Waals surface area contributed by atoms with Crippen LogP contribution in [0.5, 0.6) is 0 Å². The van der Waals surface area contributed by atoms with Crippen LogP contribution in [0.1, 0.15) is 55.7 Å². The Morgan fingerprint density at radius 2 is 1.97 bits per heavy atom. The molecule has 1 heterocycles. The van der Waals surface area contributed by atoms with E-state index in [-0.39, 0.29) is 24.0 Å². The highest BCUT2D eigenvalue weighted by atomic mass is 127. The lowest BCUT2D eigenvalue weighted by molar-refractivity contribution is 0.409. The van der Waals surface area contributed by atoms with Crippen molar-refractivity contribution in [3.05, 3.63) is 45.5 Å². The zero-order chi connectivity index (χ0) is 20.6. The molecule has 0 saturated heterocycles. The van der Waals surface area contributed by atoms with Crippen molar-refractivity contribution in [2.45, 2.75) is 64.5 Å². The highest BCUT2D eigenvalue weighted by Crippen LogP contribution is 2.22. The average Bonchev–Trinajstić information content (AvgIpc) is 3.03. The van der Waals surface area contributed by atoms with E-state index in [2.05, 4.69) is 20.8 Å². The van der Waals surface area contributed by atoms with Gasteiger partial charge in [-0.2, -0.15) is 0 Å². The SMILES string of the molecule is Cc1nnc(CN=C(NCCCc2ccc(Cl)cc2Cl)NC2CCCCC2)n1C.I. The highest BCUT2D eigenvalue weighted by Gasteiger charge is 2.15. The maximum Gasteiger partial charge on any atom is 0.191 e. The van der Waals surface area contributed by atoms with Gasteiger partial charge in [-0.05, 0) is 50.3 Å². The number of rotatable bonds is 7. The molecular weight excluding hydrogens is 534 g/mol. The average molecular weight is 565 g/mol. The van der Waals surface area contributed by atoms with Crippen molar-refractivity contribution in [2.24, 2.45) is 12.0 Å². The van der Waals surface area contributed by atoms with E-state index in [0.29, 0.717) is 17.6 Å². The van der Waals surface area contributed by atoms with E-state index in [4.69, 9.17) is 28.2 Å². The van der Waals surface area contributed by atoms with Crippen LogP contribution in [0.4, 0.5) is 0 Å². The summed E-state index contributed by atoms with van der Waals surface area (Å²) in [6, 6.07) is 6.17. The Morgan fingerprint density at radius 1 is 1.20 bits per heavy atom. The number of nitrogens with zero attached hydrogens (tertiary/aromatic N) is 4. The van der Waals surface area contributed by atoms with Crippen LogP contribution in [0.3, 0.4) is 0 Å². The molecular formula is C21H31Cl2IN6. The van der Waals surface area contributed by atoms with Gasteiger partial charge in [-0.15, -0.1) is 34.2 Å². The number of benzene rings is 1. The summed E-state index contributed by atoms with van der Waals surface area (Å²) in [7, 11) is 1.97. The molecule has 0 atom stereocenters. The smallest absolute Gasteiger partial charge is 0.191 e. The zero-order valence-corrected chi connectivity index (χ0v) is 21.5. The molecule has 1 fully saturated rings. The van der Waals surface area contributed by atoms with Crippen LogP contribution < -0.4 is 10.6 Å². The summed E-state index contributed by atoms with van der Waals surface area (Å²) >= 11 is 12.3. The molecule has 30 heavy (non-hydrogen) atoms. The third-order valence-corrected chi connectivity index (χ3v) is 6.02. The monoisotopic (exact) mass is 564 g/mol. The van der Waals surface area contributed by atoms with Crippen molar-refractivity contribution < 1.29 is 0 Å². The normalized spacial score (nSPS) is 15.0. The molecule has 0 amide bonds. The van der Waals surface area contributed by atoms with E-state index in [1.165, 1.54) is 32.1 Å². The lowest BCUT2D eigenvalue weighted by atomic mass is 9.96. The van der Waals surface area contributed by atoms with Crippen molar-refractivity contribution in [2.75, 3.05) is 6.54 Å². The molecule has 1 aromatic carbocycles. The fraction of sp³-hybridized carbons (Fsp3) is 0.571. The summed E-state index contributed by atoms with van der Waals surface area (Å²) in [5.41, 5.74) is 1.12. The summed E-state index contributed by atoms with van der Waals surface area (Å²) in [6.07, 6.45) is 8.13. The maximum absolute atomic E-state index is 6.28. The fourth-order valence-corrected chi connectivity index (χ4v) is 4.04. The number of nitrogens with one attached hydrogen (secondary N) is 2. The topological polar surface area (TPSA) is 67.1 Å². The van der Waals surface area contributed by atoms with Gasteiger partial charge in [0, 0.05) is 29.7 Å². The van der Waals surface area contributed by atoms with Crippen molar-refractivity contribution in [3.8, 4) is 0 Å². The molecule has 0 bridgehead atoms. The first-order chi connectivity index (χ1) is 14.0. The molecule has 1 aliphatic rings. The van der Waals surface area contributed by atoms with Crippen LogP contribution in [0.25, 0.3) is 0 Å². The van der Waals surface area contributed by atoms with Crippen molar-refractivity contribution >= 4 is 53.1 Å². The van der Waals surface area contributed by atoms with Crippen LogP contribution in [-0.4, -0.2) is 33.3 Å². The Bertz CT molecular complexity index is 833. The molecule has 2 N–H and O–H groups in total. The molecule has 166 valence electrons. The molecule has 0 spiro atoms. The first-order valence-electron chi connectivity index (χ1n) is 10.4. The number of halogens is 3. The molecule has 3 rings (SSSR count). The number of hydrogen-bond acceptors (Lipinski definition) is 3. The van der Waals surface area contributed by atoms with Crippen LogP contribution in [0.2, 0.25) is 10.0 Å². The first kappa shape index (κ1) is 25.2. The quantitative estimate of drug-likeness (QED) is 0.214. The lowest BCUT2D eigenvalue weighted by Gasteiger charge is -2.25. The van der Waals surface area contributed by atoms with Crippen molar-refractivity contribution in [3.63, 3.8) is 0 Å². The first-order valence-corrected chi connectivity index (χ1v) is 11.1. The molecule has 0 unspecified atom stereocenters. The molecule has 9 heteroatoms. The number of guanidine groups is 1. The minimum atomic E-state index is 0. The van der Waals surface area contributed by atoms with Crippen LogP contribution >= 0.6 is 47.2 Å². The molecule has 2 aromatic rings. The van der Waals surface area contributed by atoms with Gasteiger partial charge in [0.05, 0.1) is 0 Å². The van der Waals surface area contributed by atoms with Gasteiger partial charge in [0.15, 0.2) is 11.8 Å². The Kier molecular flexibility index (Phi) is 10.7. The predicted molar refractivity (Wildman–Crippen MR) is 135 cm³/mol. The van der Waals surface area contributed by atoms with E-state index >= 15 is 0 Å². The number of hydrogen-bond donors (Lipinski definition) is 2. The van der Waals surface area contributed by atoms with Crippen molar-refractivity contribution in [1.82, 2.24) is 25.4 Å². The van der Waals surface area contributed by atoms with Gasteiger partial charge in [-0.25, -0.2) is 4.99 Å². The number of aryl methyl sites for hydroxylation is 2. The zero-order valence-electron chi connectivity index (χ0n) is 17.6. The summed E-state index contributed by atoms with van der Waals surface area (Å²) in [6.45, 7) is 3.26. The van der Waals surface area contributed by atoms with E-state index in [1.807, 2.05) is 30.7 Å². The van der Waals surface area contributed by atoms with E-state index < -0.39 is 0 Å². The van der Waals surface area contributed by atoms with Gasteiger partial charge in [0.25, 0.3) is 0 Å². The highest BCUT2D eigenvalue weighted by molar-refractivity contribution is 14.0. The third-order valence-electron chi connectivity index (χ3n) is 5.44. The predicted octanol–water partition coefficient (Wildman–Crippen LogP) is 5.05. The summed E-state index contributed by atoms with van der Waals surface area (Å²) < 4.78 is 1.98. The standard InChI is InChI=1S/C21H30Cl2N6.HI/c1-15-27-28-20(29(15)2)14-25-21(26-18-8-4-3-5-9-18)24-12-6-7-16-10-11-17(22)13-19(16)23;/h10-11,13,18H,3-9,12,14H2,1-2H3,(H2,24,25,26);1H. The molecule has 6 nitrogen and oxygen atoms in total. The Hall–Kier alpha value is -1.06. The van der Waals surface area contributed by atoms with Gasteiger partial charge < -0.3 is 15.2 Å². The fourth-order valence-electron chi connectivity index (χ4n) is 3.54. The molecule has 0 radical (unpaired) electrons. The number of aliphatic imine (C=N–C) groups is 1. The molecule has 0 aliphatic heterocycles. The Balaban J connectivity index is 0.00000320. The van der Waals surface area contributed by atoms with Crippen LogP contribution in [0, 0.1) is 6.92 Å². The lowest BCUT2D eigenvalue weighted by Crippen LogP contribution is -2.44. The van der Waals surface area contributed by atoms with Gasteiger partial charge in [-0.1, -0.05) is 48.5 Å². The third kappa shape index (κ3) is 7.57. The van der Waals surface area contributed by atoms with Gasteiger partial charge in [-0.3, -0.25) is 0 Å². The van der Waals surface area contributed by atoms with Gasteiger partial charge in [0.2, 0.25) is 0 Å². The summed E-state index contributed by atoms with van der Waals surface area (Å²) in [4.78, 5) is 4.76. The second-order valence-electron chi connectivity index (χ2n) is 7.63. The minimum absolute atomic E-state index is 0. The summed E-state index contributed by atoms with van der Waals surface area (Å²) in [5.74, 6) is 2.60. The van der Waals surface area contributed by atoms with E-state index in [9.17, 15) is 0 Å². The maximum atomic E-state index is 6.28. The van der Waals surface area contributed by atoms with E-state index in [0.717, 1.165) is 47.6 Å².